The molecule has 6 heteroatoms. The second kappa shape index (κ2) is 7.00. The third-order valence-corrected chi connectivity index (χ3v) is 4.50. The van der Waals surface area contributed by atoms with Gasteiger partial charge >= 0.3 is 0 Å². The number of fused-ring (bicyclic) bond motifs is 1. The highest BCUT2D eigenvalue weighted by atomic mass is 16.5. The molecule has 124 valence electrons. The van der Waals surface area contributed by atoms with Gasteiger partial charge in [0, 0.05) is 24.7 Å². The summed E-state index contributed by atoms with van der Waals surface area (Å²) in [6, 6.07) is 5.68. The van der Waals surface area contributed by atoms with Gasteiger partial charge < -0.3 is 15.4 Å². The predicted octanol–water partition coefficient (Wildman–Crippen LogP) is 1.62. The van der Waals surface area contributed by atoms with Crippen molar-refractivity contribution in [1.29, 1.82) is 0 Å². The molecule has 2 amide bonds. The molecule has 2 aliphatic rings. The number of amides is 2. The van der Waals surface area contributed by atoms with E-state index in [-0.39, 0.29) is 18.4 Å². The van der Waals surface area contributed by atoms with Gasteiger partial charge in [-0.2, -0.15) is 0 Å². The first-order chi connectivity index (χ1) is 11.1. The molecule has 1 fully saturated rings. The van der Waals surface area contributed by atoms with Gasteiger partial charge in [-0.25, -0.2) is 0 Å². The molecule has 0 saturated carbocycles. The number of hydrogen-bond acceptors (Lipinski definition) is 4. The van der Waals surface area contributed by atoms with Crippen molar-refractivity contribution in [3.63, 3.8) is 0 Å². The quantitative estimate of drug-likeness (QED) is 0.885. The van der Waals surface area contributed by atoms with Crippen molar-refractivity contribution < 1.29 is 14.3 Å². The topological polar surface area (TPSA) is 70.7 Å². The number of carbonyl (C=O) groups excluding carboxylic acids is 2. The van der Waals surface area contributed by atoms with E-state index in [1.165, 1.54) is 19.3 Å². The van der Waals surface area contributed by atoms with Crippen LogP contribution in [0, 0.1) is 0 Å². The highest BCUT2D eigenvalue weighted by Crippen LogP contribution is 2.28. The van der Waals surface area contributed by atoms with E-state index < -0.39 is 0 Å². The first-order valence-electron chi connectivity index (χ1n) is 8.22. The number of piperidine rings is 1. The molecule has 2 N–H and O–H groups in total. The summed E-state index contributed by atoms with van der Waals surface area (Å²) in [5, 5.41) is 5.67. The third-order valence-electron chi connectivity index (χ3n) is 4.50. The summed E-state index contributed by atoms with van der Waals surface area (Å²) in [7, 11) is 0. The van der Waals surface area contributed by atoms with Crippen molar-refractivity contribution in [2.45, 2.75) is 32.2 Å². The maximum Gasteiger partial charge on any atom is 0.262 e. The number of anilines is 1. The van der Waals surface area contributed by atoms with Gasteiger partial charge in [0.2, 0.25) is 0 Å². The van der Waals surface area contributed by atoms with E-state index in [1.54, 1.807) is 18.2 Å². The Morgan fingerprint density at radius 1 is 1.43 bits per heavy atom. The summed E-state index contributed by atoms with van der Waals surface area (Å²) in [6.45, 7) is 4.87. The molecule has 1 saturated heterocycles. The molecule has 1 aromatic carbocycles. The SMILES string of the molecule is C[C@@H]1CCCCN1CCNC(=O)c1ccc2c(c1)OCC(=O)N2. The van der Waals surface area contributed by atoms with E-state index in [0.29, 0.717) is 29.6 Å². The van der Waals surface area contributed by atoms with Crippen LogP contribution in [0.2, 0.25) is 0 Å². The van der Waals surface area contributed by atoms with Crippen LogP contribution in [0.4, 0.5) is 5.69 Å². The molecule has 0 bridgehead atoms. The molecule has 23 heavy (non-hydrogen) atoms. The standard InChI is InChI=1S/C17H23N3O3/c1-12-4-2-3-8-20(12)9-7-18-17(22)13-5-6-14-15(10-13)23-11-16(21)19-14/h5-6,10,12H,2-4,7-9,11H2,1H3,(H,18,22)(H,19,21)/t12-/m1/s1. The van der Waals surface area contributed by atoms with Crippen molar-refractivity contribution in [1.82, 2.24) is 10.2 Å². The number of ether oxygens (including phenoxy) is 1. The monoisotopic (exact) mass is 317 g/mol. The molecule has 1 aromatic rings. The zero-order chi connectivity index (χ0) is 16.2. The van der Waals surface area contributed by atoms with Crippen molar-refractivity contribution in [2.24, 2.45) is 0 Å². The predicted molar refractivity (Wildman–Crippen MR) is 87.8 cm³/mol. The minimum atomic E-state index is -0.176. The number of likely N-dealkylation sites (tertiary alicyclic amines) is 1. The zero-order valence-corrected chi connectivity index (χ0v) is 13.4. The molecular weight excluding hydrogens is 294 g/mol. The Hall–Kier alpha value is -2.08. The summed E-state index contributed by atoms with van der Waals surface area (Å²) in [5.41, 5.74) is 1.16. The largest absolute Gasteiger partial charge is 0.482 e. The molecular formula is C17H23N3O3. The van der Waals surface area contributed by atoms with E-state index in [0.717, 1.165) is 13.1 Å². The minimum Gasteiger partial charge on any atom is -0.482 e. The van der Waals surface area contributed by atoms with Crippen molar-refractivity contribution in [3.8, 4) is 5.75 Å². The first-order valence-corrected chi connectivity index (χ1v) is 8.22. The Morgan fingerprint density at radius 2 is 2.30 bits per heavy atom. The molecule has 0 unspecified atom stereocenters. The zero-order valence-electron chi connectivity index (χ0n) is 13.4. The van der Waals surface area contributed by atoms with Crippen molar-refractivity contribution >= 4 is 17.5 Å². The smallest absolute Gasteiger partial charge is 0.262 e. The minimum absolute atomic E-state index is 0.00901. The summed E-state index contributed by atoms with van der Waals surface area (Å²) in [5.74, 6) is 0.255. The lowest BCUT2D eigenvalue weighted by molar-refractivity contribution is -0.118. The van der Waals surface area contributed by atoms with Crippen LogP contribution >= 0.6 is 0 Å². The average Bonchev–Trinajstić information content (AvgIpc) is 2.56. The van der Waals surface area contributed by atoms with Crippen LogP contribution in [0.3, 0.4) is 0 Å². The number of benzene rings is 1. The Labute approximate surface area is 136 Å². The number of nitrogens with one attached hydrogen (secondary N) is 2. The van der Waals surface area contributed by atoms with Crippen LogP contribution in [0.15, 0.2) is 18.2 Å². The van der Waals surface area contributed by atoms with E-state index >= 15 is 0 Å². The van der Waals surface area contributed by atoms with Gasteiger partial charge in [0.15, 0.2) is 6.61 Å². The van der Waals surface area contributed by atoms with Crippen LogP contribution in [0.25, 0.3) is 0 Å². The van der Waals surface area contributed by atoms with E-state index in [4.69, 9.17) is 4.74 Å². The second-order valence-corrected chi connectivity index (χ2v) is 6.18. The van der Waals surface area contributed by atoms with Gasteiger partial charge in [0.1, 0.15) is 5.75 Å². The summed E-state index contributed by atoms with van der Waals surface area (Å²) in [6.07, 6.45) is 3.78. The lowest BCUT2D eigenvalue weighted by Gasteiger charge is -2.33. The maximum atomic E-state index is 12.2. The highest BCUT2D eigenvalue weighted by Gasteiger charge is 2.19. The maximum absolute atomic E-state index is 12.2. The molecule has 0 spiro atoms. The fraction of sp³-hybridized carbons (Fsp3) is 0.529. The first kappa shape index (κ1) is 15.8. The highest BCUT2D eigenvalue weighted by molar-refractivity contribution is 5.98. The normalized spacial score (nSPS) is 21.1. The number of hydrogen-bond donors (Lipinski definition) is 2. The van der Waals surface area contributed by atoms with Gasteiger partial charge in [0.25, 0.3) is 11.8 Å². The van der Waals surface area contributed by atoms with Crippen LogP contribution in [0.1, 0.15) is 36.5 Å². The molecule has 2 aliphatic heterocycles. The fourth-order valence-corrected chi connectivity index (χ4v) is 3.12. The molecule has 2 heterocycles. The molecule has 0 radical (unpaired) electrons. The average molecular weight is 317 g/mol. The lowest BCUT2D eigenvalue weighted by atomic mass is 10.0. The molecule has 6 nitrogen and oxygen atoms in total. The van der Waals surface area contributed by atoms with E-state index in [2.05, 4.69) is 22.5 Å². The fourth-order valence-electron chi connectivity index (χ4n) is 3.12. The summed E-state index contributed by atoms with van der Waals surface area (Å²) in [4.78, 5) is 25.9. The Kier molecular flexibility index (Phi) is 4.81. The number of rotatable bonds is 4. The Balaban J connectivity index is 1.53. The van der Waals surface area contributed by atoms with Gasteiger partial charge in [-0.05, 0) is 44.5 Å². The van der Waals surface area contributed by atoms with Gasteiger partial charge in [0.05, 0.1) is 5.69 Å². The van der Waals surface area contributed by atoms with Crippen LogP contribution in [0.5, 0.6) is 5.75 Å². The Morgan fingerprint density at radius 3 is 3.13 bits per heavy atom. The molecule has 3 rings (SSSR count). The number of nitrogens with zero attached hydrogens (tertiary/aromatic N) is 1. The molecule has 0 aliphatic carbocycles. The second-order valence-electron chi connectivity index (χ2n) is 6.18. The van der Waals surface area contributed by atoms with Gasteiger partial charge in [-0.15, -0.1) is 0 Å². The summed E-state index contributed by atoms with van der Waals surface area (Å²) >= 11 is 0. The van der Waals surface area contributed by atoms with Crippen LogP contribution in [-0.2, 0) is 4.79 Å². The Bertz CT molecular complexity index is 603. The molecule has 0 aromatic heterocycles. The number of carbonyl (C=O) groups is 2. The van der Waals surface area contributed by atoms with Crippen LogP contribution in [-0.4, -0.2) is 49.0 Å². The van der Waals surface area contributed by atoms with Crippen LogP contribution < -0.4 is 15.4 Å². The summed E-state index contributed by atoms with van der Waals surface area (Å²) < 4.78 is 5.34. The van der Waals surface area contributed by atoms with Gasteiger partial charge in [-0.3, -0.25) is 14.5 Å². The van der Waals surface area contributed by atoms with E-state index in [1.807, 2.05) is 0 Å². The van der Waals surface area contributed by atoms with Crippen molar-refractivity contribution in [3.05, 3.63) is 23.8 Å². The molecule has 1 atom stereocenters. The van der Waals surface area contributed by atoms with E-state index in [9.17, 15) is 9.59 Å². The van der Waals surface area contributed by atoms with Crippen molar-refractivity contribution in [2.75, 3.05) is 31.6 Å². The lowest BCUT2D eigenvalue weighted by Crippen LogP contribution is -2.42. The third kappa shape index (κ3) is 3.82. The van der Waals surface area contributed by atoms with Gasteiger partial charge in [-0.1, -0.05) is 6.42 Å².